The minimum Gasteiger partial charge on any atom is -0.384 e. The highest BCUT2D eigenvalue weighted by molar-refractivity contribution is 7.99. The maximum absolute atomic E-state index is 9.18. The van der Waals surface area contributed by atoms with Gasteiger partial charge in [0.05, 0.1) is 12.7 Å². The van der Waals surface area contributed by atoms with Gasteiger partial charge in [-0.2, -0.15) is 17.0 Å². The van der Waals surface area contributed by atoms with Crippen LogP contribution in [0.2, 0.25) is 0 Å². The number of nitrogens with two attached hydrogens (primary N) is 1. The van der Waals surface area contributed by atoms with Crippen molar-refractivity contribution in [2.24, 2.45) is 5.73 Å². The van der Waals surface area contributed by atoms with Gasteiger partial charge in [0.2, 0.25) is 0 Å². The molecule has 0 saturated carbocycles. The molecule has 0 aliphatic rings. The van der Waals surface area contributed by atoms with E-state index in [0.717, 1.165) is 11.3 Å². The van der Waals surface area contributed by atoms with Gasteiger partial charge in [-0.3, -0.25) is 0 Å². The summed E-state index contributed by atoms with van der Waals surface area (Å²) >= 11 is 1.63. The fourth-order valence-electron chi connectivity index (χ4n) is 1.29. The highest BCUT2D eigenvalue weighted by Gasteiger charge is 2.26. The van der Waals surface area contributed by atoms with Crippen molar-refractivity contribution in [3.8, 4) is 6.07 Å². The number of rotatable bonds is 6. The summed E-state index contributed by atoms with van der Waals surface area (Å²) in [6.45, 7) is 0.682. The fraction of sp³-hybridized carbons (Fsp3) is 0.417. The number of nitriles is 1. The summed E-state index contributed by atoms with van der Waals surface area (Å²) in [5.41, 5.74) is 6.04. The molecule has 2 N–H and O–H groups in total. The van der Waals surface area contributed by atoms with E-state index >= 15 is 0 Å². The smallest absolute Gasteiger partial charge is 0.138 e. The van der Waals surface area contributed by atoms with E-state index in [0.29, 0.717) is 12.4 Å². The zero-order chi connectivity index (χ0) is 11.9. The van der Waals surface area contributed by atoms with Crippen LogP contribution in [0.4, 0.5) is 0 Å². The van der Waals surface area contributed by atoms with E-state index < -0.39 is 5.54 Å². The molecule has 3 nitrogen and oxygen atoms in total. The molecule has 0 saturated heterocycles. The Hall–Kier alpha value is -1.02. The highest BCUT2D eigenvalue weighted by atomic mass is 32.2. The second-order valence-electron chi connectivity index (χ2n) is 3.49. The van der Waals surface area contributed by atoms with Gasteiger partial charge in [-0.25, -0.2) is 0 Å². The molecular weight excluding hydrogens is 220 g/mol. The van der Waals surface area contributed by atoms with Gasteiger partial charge in [-0.05, 0) is 5.56 Å². The Balaban J connectivity index is 2.61. The molecule has 0 bridgehead atoms. The lowest BCUT2D eigenvalue weighted by Crippen LogP contribution is -2.37. The fourth-order valence-corrected chi connectivity index (χ4v) is 2.27. The average molecular weight is 236 g/mol. The van der Waals surface area contributed by atoms with Crippen molar-refractivity contribution in [3.05, 3.63) is 35.9 Å². The summed E-state index contributed by atoms with van der Waals surface area (Å²) in [6, 6.07) is 11.7. The Labute approximate surface area is 101 Å². The maximum atomic E-state index is 9.18. The van der Waals surface area contributed by atoms with Crippen LogP contribution in [0.5, 0.6) is 0 Å². The van der Waals surface area contributed by atoms with Gasteiger partial charge in [0, 0.05) is 18.6 Å². The Morgan fingerprint density at radius 3 is 2.69 bits per heavy atom. The van der Waals surface area contributed by atoms with E-state index in [1.807, 2.05) is 30.3 Å². The normalized spacial score (nSPS) is 14.1. The lowest BCUT2D eigenvalue weighted by atomic mass is 9.95. The van der Waals surface area contributed by atoms with E-state index in [1.165, 1.54) is 0 Å². The topological polar surface area (TPSA) is 59.0 Å². The minimum atomic E-state index is -0.903. The Morgan fingerprint density at radius 2 is 2.12 bits per heavy atom. The molecular formula is C12H16N2OS. The van der Waals surface area contributed by atoms with Gasteiger partial charge < -0.3 is 10.5 Å². The predicted octanol–water partition coefficient (Wildman–Crippen LogP) is 1.74. The highest BCUT2D eigenvalue weighted by Crippen LogP contribution is 2.22. The van der Waals surface area contributed by atoms with Crippen LogP contribution in [0.25, 0.3) is 0 Å². The van der Waals surface area contributed by atoms with E-state index in [4.69, 9.17) is 10.5 Å². The molecule has 16 heavy (non-hydrogen) atoms. The van der Waals surface area contributed by atoms with E-state index in [9.17, 15) is 5.26 Å². The van der Waals surface area contributed by atoms with Crippen molar-refractivity contribution in [2.75, 3.05) is 25.2 Å². The first-order chi connectivity index (χ1) is 7.73. The lowest BCUT2D eigenvalue weighted by Gasteiger charge is -2.21. The molecule has 0 aliphatic heterocycles. The van der Waals surface area contributed by atoms with Gasteiger partial charge in [-0.15, -0.1) is 0 Å². The van der Waals surface area contributed by atoms with Crippen LogP contribution < -0.4 is 5.73 Å². The van der Waals surface area contributed by atoms with Crippen molar-refractivity contribution in [2.45, 2.75) is 5.54 Å². The Bertz CT molecular complexity index is 350. The van der Waals surface area contributed by atoms with Gasteiger partial charge in [0.25, 0.3) is 0 Å². The quantitative estimate of drug-likeness (QED) is 0.764. The van der Waals surface area contributed by atoms with Crippen LogP contribution in [0.1, 0.15) is 5.56 Å². The molecule has 0 fully saturated rings. The molecule has 0 aromatic heterocycles. The van der Waals surface area contributed by atoms with E-state index in [1.54, 1.807) is 18.9 Å². The van der Waals surface area contributed by atoms with Crippen LogP contribution in [0.3, 0.4) is 0 Å². The zero-order valence-electron chi connectivity index (χ0n) is 9.35. The van der Waals surface area contributed by atoms with Crippen molar-refractivity contribution in [1.29, 1.82) is 5.26 Å². The van der Waals surface area contributed by atoms with Gasteiger partial charge in [-0.1, -0.05) is 30.3 Å². The molecule has 0 spiro atoms. The second kappa shape index (κ2) is 6.54. The summed E-state index contributed by atoms with van der Waals surface area (Å²) in [7, 11) is 1.66. The third-order valence-corrected chi connectivity index (χ3v) is 3.36. The summed E-state index contributed by atoms with van der Waals surface area (Å²) < 4.78 is 4.95. The molecule has 0 radical (unpaired) electrons. The maximum Gasteiger partial charge on any atom is 0.138 e. The third-order valence-electron chi connectivity index (χ3n) is 2.25. The van der Waals surface area contributed by atoms with Crippen LogP contribution in [0, 0.1) is 11.3 Å². The van der Waals surface area contributed by atoms with Gasteiger partial charge in [0.15, 0.2) is 0 Å². The van der Waals surface area contributed by atoms with Crippen LogP contribution in [-0.2, 0) is 10.3 Å². The minimum absolute atomic E-state index is 0.580. The number of hydrogen-bond donors (Lipinski definition) is 1. The molecule has 0 amide bonds. The standard InChI is InChI=1S/C12H16N2OS/c1-15-7-8-16-10-12(14,9-13)11-5-3-2-4-6-11/h2-6H,7-8,10,14H2,1H3. The van der Waals surface area contributed by atoms with Crippen molar-refractivity contribution < 1.29 is 4.74 Å². The summed E-state index contributed by atoms with van der Waals surface area (Å²) in [6.07, 6.45) is 0. The third kappa shape index (κ3) is 3.53. The van der Waals surface area contributed by atoms with Crippen LogP contribution in [0.15, 0.2) is 30.3 Å². The predicted molar refractivity (Wildman–Crippen MR) is 67.1 cm³/mol. The zero-order valence-corrected chi connectivity index (χ0v) is 10.2. The van der Waals surface area contributed by atoms with E-state index in [2.05, 4.69) is 6.07 Å². The summed E-state index contributed by atoms with van der Waals surface area (Å²) in [4.78, 5) is 0. The molecule has 1 aromatic rings. The first-order valence-corrected chi connectivity index (χ1v) is 6.21. The lowest BCUT2D eigenvalue weighted by molar-refractivity contribution is 0.218. The molecule has 0 aliphatic carbocycles. The van der Waals surface area contributed by atoms with Crippen molar-refractivity contribution >= 4 is 11.8 Å². The Kier molecular flexibility index (Phi) is 5.33. The summed E-state index contributed by atoms with van der Waals surface area (Å²) in [5, 5.41) is 9.18. The first-order valence-electron chi connectivity index (χ1n) is 5.05. The SMILES string of the molecule is COCCSCC(N)(C#N)c1ccccc1. The molecule has 0 heterocycles. The number of hydrogen-bond acceptors (Lipinski definition) is 4. The van der Waals surface area contributed by atoms with E-state index in [-0.39, 0.29) is 0 Å². The molecule has 1 atom stereocenters. The largest absolute Gasteiger partial charge is 0.384 e. The van der Waals surface area contributed by atoms with Gasteiger partial charge in [0.1, 0.15) is 5.54 Å². The summed E-state index contributed by atoms with van der Waals surface area (Å²) in [5.74, 6) is 1.43. The molecule has 4 heteroatoms. The molecule has 86 valence electrons. The molecule has 1 rings (SSSR count). The molecule has 1 unspecified atom stereocenters. The number of thioether (sulfide) groups is 1. The first kappa shape index (κ1) is 13.0. The van der Waals surface area contributed by atoms with Crippen LogP contribution >= 0.6 is 11.8 Å². The number of ether oxygens (including phenoxy) is 1. The number of nitrogens with zero attached hydrogens (tertiary/aromatic N) is 1. The van der Waals surface area contributed by atoms with Crippen molar-refractivity contribution in [3.63, 3.8) is 0 Å². The number of benzene rings is 1. The Morgan fingerprint density at radius 1 is 1.44 bits per heavy atom. The monoisotopic (exact) mass is 236 g/mol. The van der Waals surface area contributed by atoms with Crippen LogP contribution in [-0.4, -0.2) is 25.2 Å². The average Bonchev–Trinajstić information content (AvgIpc) is 2.35. The van der Waals surface area contributed by atoms with Gasteiger partial charge >= 0.3 is 0 Å². The molecule has 1 aromatic carbocycles. The number of methoxy groups -OCH3 is 1. The second-order valence-corrected chi connectivity index (χ2v) is 4.60. The van der Waals surface area contributed by atoms with Crippen molar-refractivity contribution in [1.82, 2.24) is 0 Å².